The van der Waals surface area contributed by atoms with Crippen LogP contribution < -0.4 is 5.32 Å². The Morgan fingerprint density at radius 1 is 1.00 bits per heavy atom. The fourth-order valence-corrected chi connectivity index (χ4v) is 5.29. The van der Waals surface area contributed by atoms with Gasteiger partial charge in [0.1, 0.15) is 5.82 Å². The summed E-state index contributed by atoms with van der Waals surface area (Å²) in [5.74, 6) is 1.45. The van der Waals surface area contributed by atoms with Gasteiger partial charge in [0, 0.05) is 42.0 Å². The number of hydrogen-bond donors (Lipinski definition) is 1. The Bertz CT molecular complexity index is 869. The number of carbonyl (C=O) groups is 1. The number of nitrogens with one attached hydrogen (secondary N) is 1. The third kappa shape index (κ3) is 6.16. The number of nitrogens with zero attached hydrogens (tertiary/aromatic N) is 3. The van der Waals surface area contributed by atoms with Gasteiger partial charge in [-0.2, -0.15) is 0 Å². The van der Waals surface area contributed by atoms with Crippen LogP contribution in [0.2, 0.25) is 0 Å². The van der Waals surface area contributed by atoms with Crippen molar-refractivity contribution in [1.29, 1.82) is 0 Å². The average Bonchev–Trinajstić information content (AvgIpc) is 2.81. The predicted octanol–water partition coefficient (Wildman–Crippen LogP) is 4.51. The lowest BCUT2D eigenvalue weighted by Crippen LogP contribution is -2.37. The normalized spacial score (nSPS) is 20.2. The Morgan fingerprint density at radius 2 is 1.72 bits per heavy atom. The fourth-order valence-electron chi connectivity index (χ4n) is 5.29. The molecule has 1 aromatic heterocycles. The van der Waals surface area contributed by atoms with E-state index in [4.69, 9.17) is 9.97 Å². The van der Waals surface area contributed by atoms with Gasteiger partial charge >= 0.3 is 0 Å². The van der Waals surface area contributed by atoms with E-state index in [1.807, 2.05) is 13.8 Å². The molecule has 0 bridgehead atoms. The van der Waals surface area contributed by atoms with E-state index in [1.54, 1.807) is 0 Å². The number of likely N-dealkylation sites (tertiary alicyclic amines) is 1. The summed E-state index contributed by atoms with van der Waals surface area (Å²) in [4.78, 5) is 25.0. The molecule has 1 amide bonds. The molecule has 0 radical (unpaired) electrons. The van der Waals surface area contributed by atoms with Crippen molar-refractivity contribution in [2.75, 3.05) is 19.6 Å². The fraction of sp³-hybridized carbons (Fsp3) is 0.593. The summed E-state index contributed by atoms with van der Waals surface area (Å²) in [7, 11) is 0. The van der Waals surface area contributed by atoms with Crippen LogP contribution >= 0.6 is 0 Å². The quantitative estimate of drug-likeness (QED) is 0.697. The summed E-state index contributed by atoms with van der Waals surface area (Å²) < 4.78 is 0. The summed E-state index contributed by atoms with van der Waals surface area (Å²) in [6, 6.07) is 11.1. The second kappa shape index (κ2) is 11.0. The predicted molar refractivity (Wildman–Crippen MR) is 129 cm³/mol. The molecule has 172 valence electrons. The third-order valence-corrected chi connectivity index (χ3v) is 7.18. The Hall–Kier alpha value is -2.27. The molecule has 2 aliphatic rings. The van der Waals surface area contributed by atoms with Gasteiger partial charge in [-0.1, -0.05) is 49.6 Å². The number of benzene rings is 1. The highest BCUT2D eigenvalue weighted by Crippen LogP contribution is 2.26. The minimum absolute atomic E-state index is 0.115. The molecule has 1 N–H and O–H groups in total. The van der Waals surface area contributed by atoms with Crippen LogP contribution in [0.3, 0.4) is 0 Å². The van der Waals surface area contributed by atoms with Gasteiger partial charge in [0.15, 0.2) is 0 Å². The largest absolute Gasteiger partial charge is 0.353 e. The first-order valence-electron chi connectivity index (χ1n) is 12.5. The Balaban J connectivity index is 1.35. The highest BCUT2D eigenvalue weighted by Gasteiger charge is 2.25. The highest BCUT2D eigenvalue weighted by molar-refractivity contribution is 5.79. The molecule has 0 unspecified atom stereocenters. The smallest absolute Gasteiger partial charge is 0.224 e. The molecule has 1 saturated heterocycles. The SMILES string of the molecule is Cc1nc([C@@H]2CCCN(CCc3ccccc3)C2)nc(C)c1CC(=O)NC1CCCCC1. The second-order valence-corrected chi connectivity index (χ2v) is 9.69. The lowest BCUT2D eigenvalue weighted by Gasteiger charge is -2.32. The summed E-state index contributed by atoms with van der Waals surface area (Å²) in [5, 5.41) is 3.23. The van der Waals surface area contributed by atoms with Crippen LogP contribution in [0.4, 0.5) is 0 Å². The van der Waals surface area contributed by atoms with Crippen LogP contribution in [0, 0.1) is 13.8 Å². The molecular weight excluding hydrogens is 396 g/mol. The van der Waals surface area contributed by atoms with Crippen LogP contribution in [-0.4, -0.2) is 46.5 Å². The van der Waals surface area contributed by atoms with Crippen molar-refractivity contribution in [3.05, 3.63) is 58.7 Å². The Labute approximate surface area is 193 Å². The first kappa shape index (κ1) is 22.9. The molecule has 0 spiro atoms. The Morgan fingerprint density at radius 3 is 2.44 bits per heavy atom. The van der Waals surface area contributed by atoms with Crippen molar-refractivity contribution in [3.63, 3.8) is 0 Å². The van der Waals surface area contributed by atoms with Crippen molar-refractivity contribution in [2.45, 2.75) is 83.6 Å². The molecule has 1 aliphatic carbocycles. The van der Waals surface area contributed by atoms with E-state index in [0.29, 0.717) is 18.4 Å². The second-order valence-electron chi connectivity index (χ2n) is 9.69. The number of aryl methyl sites for hydroxylation is 2. The molecule has 32 heavy (non-hydrogen) atoms. The van der Waals surface area contributed by atoms with E-state index < -0.39 is 0 Å². The van der Waals surface area contributed by atoms with Crippen molar-refractivity contribution < 1.29 is 4.79 Å². The van der Waals surface area contributed by atoms with E-state index >= 15 is 0 Å². The number of piperidine rings is 1. The summed E-state index contributed by atoms with van der Waals surface area (Å²) in [6.07, 6.45) is 9.78. The minimum atomic E-state index is 0.115. The van der Waals surface area contributed by atoms with Crippen molar-refractivity contribution in [2.24, 2.45) is 0 Å². The van der Waals surface area contributed by atoms with Crippen LogP contribution in [0.15, 0.2) is 30.3 Å². The molecule has 1 saturated carbocycles. The molecule has 1 atom stereocenters. The molecule has 1 aliphatic heterocycles. The van der Waals surface area contributed by atoms with Gasteiger partial charge in [0.2, 0.25) is 5.91 Å². The van der Waals surface area contributed by atoms with Crippen molar-refractivity contribution in [3.8, 4) is 0 Å². The third-order valence-electron chi connectivity index (χ3n) is 7.18. The molecule has 1 aromatic carbocycles. The monoisotopic (exact) mass is 434 g/mol. The summed E-state index contributed by atoms with van der Waals surface area (Å²) in [5.41, 5.74) is 4.33. The molecule has 2 fully saturated rings. The minimum Gasteiger partial charge on any atom is -0.353 e. The molecule has 5 nitrogen and oxygen atoms in total. The number of carbonyl (C=O) groups excluding carboxylic acids is 1. The lowest BCUT2D eigenvalue weighted by molar-refractivity contribution is -0.121. The maximum Gasteiger partial charge on any atom is 0.224 e. The van der Waals surface area contributed by atoms with Crippen molar-refractivity contribution in [1.82, 2.24) is 20.2 Å². The van der Waals surface area contributed by atoms with E-state index in [-0.39, 0.29) is 5.91 Å². The van der Waals surface area contributed by atoms with E-state index in [2.05, 4.69) is 40.5 Å². The highest BCUT2D eigenvalue weighted by atomic mass is 16.1. The Kier molecular flexibility index (Phi) is 7.90. The maximum atomic E-state index is 12.6. The van der Waals surface area contributed by atoms with Crippen LogP contribution in [0.1, 0.15) is 79.2 Å². The summed E-state index contributed by atoms with van der Waals surface area (Å²) >= 11 is 0. The zero-order valence-corrected chi connectivity index (χ0v) is 19.8. The molecular formula is C27H38N4O. The standard InChI is InChI=1S/C27H38N4O/c1-20-25(18-26(32)30-24-13-7-4-8-14-24)21(2)29-27(28-20)23-12-9-16-31(19-23)17-15-22-10-5-3-6-11-22/h3,5-6,10-11,23-24H,4,7-9,12-19H2,1-2H3,(H,30,32)/t23-/m1/s1. The first-order chi connectivity index (χ1) is 15.6. The first-order valence-corrected chi connectivity index (χ1v) is 12.5. The molecule has 2 aromatic rings. The van der Waals surface area contributed by atoms with Gasteiger partial charge in [-0.3, -0.25) is 4.79 Å². The summed E-state index contributed by atoms with van der Waals surface area (Å²) in [6.45, 7) is 7.33. The molecule has 4 rings (SSSR count). The van der Waals surface area contributed by atoms with Gasteiger partial charge in [-0.05, 0) is 58.1 Å². The van der Waals surface area contributed by atoms with E-state index in [0.717, 1.165) is 68.1 Å². The van der Waals surface area contributed by atoms with E-state index in [9.17, 15) is 4.79 Å². The van der Waals surface area contributed by atoms with Gasteiger partial charge in [-0.25, -0.2) is 9.97 Å². The van der Waals surface area contributed by atoms with Crippen LogP contribution in [0.5, 0.6) is 0 Å². The number of hydrogen-bond acceptors (Lipinski definition) is 4. The van der Waals surface area contributed by atoms with Gasteiger partial charge in [0.25, 0.3) is 0 Å². The van der Waals surface area contributed by atoms with Gasteiger partial charge in [0.05, 0.1) is 6.42 Å². The van der Waals surface area contributed by atoms with Crippen LogP contribution in [0.25, 0.3) is 0 Å². The van der Waals surface area contributed by atoms with Crippen LogP contribution in [-0.2, 0) is 17.6 Å². The van der Waals surface area contributed by atoms with E-state index in [1.165, 1.54) is 31.2 Å². The van der Waals surface area contributed by atoms with Gasteiger partial charge in [-0.15, -0.1) is 0 Å². The molecule has 2 heterocycles. The lowest BCUT2D eigenvalue weighted by atomic mass is 9.95. The molecule has 5 heteroatoms. The maximum absolute atomic E-state index is 12.6. The van der Waals surface area contributed by atoms with Crippen molar-refractivity contribution >= 4 is 5.91 Å². The topological polar surface area (TPSA) is 58.1 Å². The number of rotatable bonds is 7. The average molecular weight is 435 g/mol. The number of aromatic nitrogens is 2. The zero-order chi connectivity index (χ0) is 22.3. The number of amides is 1. The van der Waals surface area contributed by atoms with Gasteiger partial charge < -0.3 is 10.2 Å². The zero-order valence-electron chi connectivity index (χ0n) is 19.8.